The van der Waals surface area contributed by atoms with Gasteiger partial charge in [0.2, 0.25) is 0 Å². The number of anilines is 1. The van der Waals surface area contributed by atoms with Crippen LogP contribution in [-0.2, 0) is 4.74 Å². The molecular formula is C14H20N2O2. The Kier molecular flexibility index (Phi) is 4.31. The van der Waals surface area contributed by atoms with E-state index in [0.29, 0.717) is 24.6 Å². The number of aromatic nitrogens is 1. The SMILES string of the molecule is COCCC(=O)c1ccc(N2CCCC2C)nc1. The van der Waals surface area contributed by atoms with Crippen molar-refractivity contribution in [1.29, 1.82) is 0 Å². The van der Waals surface area contributed by atoms with Crippen LogP contribution in [-0.4, -0.2) is 37.1 Å². The Balaban J connectivity index is 2.03. The van der Waals surface area contributed by atoms with Gasteiger partial charge in [-0.25, -0.2) is 4.98 Å². The number of methoxy groups -OCH3 is 1. The van der Waals surface area contributed by atoms with Crippen LogP contribution in [0.4, 0.5) is 5.82 Å². The van der Waals surface area contributed by atoms with Crippen molar-refractivity contribution in [2.45, 2.75) is 32.2 Å². The van der Waals surface area contributed by atoms with E-state index in [0.717, 1.165) is 12.4 Å². The van der Waals surface area contributed by atoms with Gasteiger partial charge in [-0.1, -0.05) is 0 Å². The lowest BCUT2D eigenvalue weighted by atomic mass is 10.1. The Hall–Kier alpha value is -1.42. The molecule has 18 heavy (non-hydrogen) atoms. The molecule has 0 amide bonds. The molecule has 1 saturated heterocycles. The summed E-state index contributed by atoms with van der Waals surface area (Å²) in [7, 11) is 1.60. The minimum absolute atomic E-state index is 0.0883. The number of hydrogen-bond donors (Lipinski definition) is 0. The van der Waals surface area contributed by atoms with Crippen LogP contribution in [0.15, 0.2) is 18.3 Å². The molecule has 1 aromatic heterocycles. The van der Waals surface area contributed by atoms with Crippen LogP contribution in [0.1, 0.15) is 36.5 Å². The van der Waals surface area contributed by atoms with Crippen molar-refractivity contribution in [3.05, 3.63) is 23.9 Å². The van der Waals surface area contributed by atoms with Gasteiger partial charge < -0.3 is 9.64 Å². The first-order valence-corrected chi connectivity index (χ1v) is 6.47. The maximum absolute atomic E-state index is 11.8. The maximum atomic E-state index is 11.8. The van der Waals surface area contributed by atoms with E-state index in [4.69, 9.17) is 4.74 Å². The molecule has 0 aromatic carbocycles. The molecule has 2 heterocycles. The van der Waals surface area contributed by atoms with E-state index in [1.54, 1.807) is 13.3 Å². The zero-order chi connectivity index (χ0) is 13.0. The monoisotopic (exact) mass is 248 g/mol. The molecule has 0 saturated carbocycles. The Morgan fingerprint density at radius 1 is 1.56 bits per heavy atom. The van der Waals surface area contributed by atoms with Crippen LogP contribution in [0.5, 0.6) is 0 Å². The molecule has 1 unspecified atom stereocenters. The highest BCUT2D eigenvalue weighted by atomic mass is 16.5. The van der Waals surface area contributed by atoms with Crippen LogP contribution in [0.3, 0.4) is 0 Å². The molecular weight excluding hydrogens is 228 g/mol. The molecule has 1 aliphatic rings. The third-order valence-electron chi connectivity index (χ3n) is 3.45. The van der Waals surface area contributed by atoms with Gasteiger partial charge in [-0.3, -0.25) is 4.79 Å². The number of carbonyl (C=O) groups is 1. The van der Waals surface area contributed by atoms with Gasteiger partial charge in [0.1, 0.15) is 5.82 Å². The van der Waals surface area contributed by atoms with Crippen LogP contribution in [0, 0.1) is 0 Å². The summed E-state index contributed by atoms with van der Waals surface area (Å²) in [6.45, 7) is 3.74. The maximum Gasteiger partial charge on any atom is 0.166 e. The van der Waals surface area contributed by atoms with E-state index in [-0.39, 0.29) is 5.78 Å². The minimum atomic E-state index is 0.0883. The fourth-order valence-electron chi connectivity index (χ4n) is 2.33. The molecule has 0 aliphatic carbocycles. The van der Waals surface area contributed by atoms with Gasteiger partial charge in [-0.15, -0.1) is 0 Å². The molecule has 98 valence electrons. The third kappa shape index (κ3) is 2.88. The summed E-state index contributed by atoms with van der Waals surface area (Å²) in [5.41, 5.74) is 0.669. The van der Waals surface area contributed by atoms with Crippen LogP contribution in [0.2, 0.25) is 0 Å². The molecule has 2 rings (SSSR count). The first-order valence-electron chi connectivity index (χ1n) is 6.47. The number of carbonyl (C=O) groups excluding carboxylic acids is 1. The zero-order valence-corrected chi connectivity index (χ0v) is 11.1. The highest BCUT2D eigenvalue weighted by Gasteiger charge is 2.21. The standard InChI is InChI=1S/C14H20N2O2/c1-11-4-3-8-16(11)14-6-5-12(10-15-14)13(17)7-9-18-2/h5-6,10-11H,3-4,7-9H2,1-2H3. The van der Waals surface area contributed by atoms with Gasteiger partial charge in [0, 0.05) is 37.9 Å². The number of ketones is 1. The normalized spacial score (nSPS) is 19.2. The molecule has 4 heteroatoms. The van der Waals surface area contributed by atoms with Crippen molar-refractivity contribution in [3.8, 4) is 0 Å². The lowest BCUT2D eigenvalue weighted by Crippen LogP contribution is -2.27. The first kappa shape index (κ1) is 13.0. The topological polar surface area (TPSA) is 42.4 Å². The molecule has 4 nitrogen and oxygen atoms in total. The zero-order valence-electron chi connectivity index (χ0n) is 11.1. The summed E-state index contributed by atoms with van der Waals surface area (Å²) >= 11 is 0. The number of ether oxygens (including phenoxy) is 1. The van der Waals surface area contributed by atoms with Crippen LogP contribution >= 0.6 is 0 Å². The molecule has 0 spiro atoms. The highest BCUT2D eigenvalue weighted by Crippen LogP contribution is 2.23. The summed E-state index contributed by atoms with van der Waals surface area (Å²) in [5, 5.41) is 0. The van der Waals surface area contributed by atoms with Gasteiger partial charge in [0.15, 0.2) is 5.78 Å². The van der Waals surface area contributed by atoms with Crippen molar-refractivity contribution in [1.82, 2.24) is 4.98 Å². The van der Waals surface area contributed by atoms with E-state index >= 15 is 0 Å². The van der Waals surface area contributed by atoms with E-state index in [1.807, 2.05) is 12.1 Å². The lowest BCUT2D eigenvalue weighted by Gasteiger charge is -2.22. The summed E-state index contributed by atoms with van der Waals surface area (Å²) in [6, 6.07) is 4.36. The molecule has 1 atom stereocenters. The highest BCUT2D eigenvalue weighted by molar-refractivity contribution is 5.96. The summed E-state index contributed by atoms with van der Waals surface area (Å²) < 4.78 is 4.90. The fourth-order valence-corrected chi connectivity index (χ4v) is 2.33. The summed E-state index contributed by atoms with van der Waals surface area (Å²) in [5.74, 6) is 1.06. The fraction of sp³-hybridized carbons (Fsp3) is 0.571. The van der Waals surface area contributed by atoms with Crippen molar-refractivity contribution in [2.24, 2.45) is 0 Å². The minimum Gasteiger partial charge on any atom is -0.384 e. The smallest absolute Gasteiger partial charge is 0.166 e. The number of pyridine rings is 1. The molecule has 0 N–H and O–H groups in total. The van der Waals surface area contributed by atoms with E-state index in [9.17, 15) is 4.79 Å². The predicted octanol–water partition coefficient (Wildman–Crippen LogP) is 2.29. The Morgan fingerprint density at radius 3 is 2.94 bits per heavy atom. The van der Waals surface area contributed by atoms with Crippen molar-refractivity contribution >= 4 is 11.6 Å². The van der Waals surface area contributed by atoms with Gasteiger partial charge in [0.05, 0.1) is 6.61 Å². The van der Waals surface area contributed by atoms with Crippen molar-refractivity contribution in [2.75, 3.05) is 25.2 Å². The van der Waals surface area contributed by atoms with Gasteiger partial charge in [-0.2, -0.15) is 0 Å². The van der Waals surface area contributed by atoms with Crippen molar-refractivity contribution < 1.29 is 9.53 Å². The quantitative estimate of drug-likeness (QED) is 0.750. The number of rotatable bonds is 5. The van der Waals surface area contributed by atoms with Gasteiger partial charge >= 0.3 is 0 Å². The Morgan fingerprint density at radius 2 is 2.39 bits per heavy atom. The Bertz CT molecular complexity index is 403. The average Bonchev–Trinajstić information content (AvgIpc) is 2.82. The van der Waals surface area contributed by atoms with Gasteiger partial charge in [0.25, 0.3) is 0 Å². The molecule has 0 bridgehead atoms. The molecule has 1 aromatic rings. The van der Waals surface area contributed by atoms with Crippen molar-refractivity contribution in [3.63, 3.8) is 0 Å². The average molecular weight is 248 g/mol. The molecule has 1 aliphatic heterocycles. The second-order valence-electron chi connectivity index (χ2n) is 4.76. The summed E-state index contributed by atoms with van der Waals surface area (Å²) in [4.78, 5) is 18.5. The first-order chi connectivity index (χ1) is 8.72. The van der Waals surface area contributed by atoms with Gasteiger partial charge in [-0.05, 0) is 31.9 Å². The van der Waals surface area contributed by atoms with E-state index in [2.05, 4.69) is 16.8 Å². The van der Waals surface area contributed by atoms with Crippen LogP contribution < -0.4 is 4.90 Å². The third-order valence-corrected chi connectivity index (χ3v) is 3.45. The lowest BCUT2D eigenvalue weighted by molar-refractivity contribution is 0.0932. The number of nitrogens with zero attached hydrogens (tertiary/aromatic N) is 2. The largest absolute Gasteiger partial charge is 0.384 e. The predicted molar refractivity (Wildman–Crippen MR) is 71.1 cm³/mol. The van der Waals surface area contributed by atoms with E-state index in [1.165, 1.54) is 12.8 Å². The Labute approximate surface area is 108 Å². The second-order valence-corrected chi connectivity index (χ2v) is 4.76. The molecule has 0 radical (unpaired) electrons. The molecule has 1 fully saturated rings. The summed E-state index contributed by atoms with van der Waals surface area (Å²) in [6.07, 6.45) is 4.53. The second kappa shape index (κ2) is 5.96. The van der Waals surface area contributed by atoms with Crippen LogP contribution in [0.25, 0.3) is 0 Å². The number of Topliss-reactive ketones (excluding diaryl/α,β-unsaturated/α-hetero) is 1. The number of hydrogen-bond acceptors (Lipinski definition) is 4. The van der Waals surface area contributed by atoms with E-state index < -0.39 is 0 Å².